The lowest BCUT2D eigenvalue weighted by Gasteiger charge is -2.19. The van der Waals surface area contributed by atoms with E-state index < -0.39 is 15.1 Å². The number of hydrogen-bond donors (Lipinski definition) is 1. The van der Waals surface area contributed by atoms with Crippen molar-refractivity contribution in [3.63, 3.8) is 0 Å². The zero-order valence-corrected chi connectivity index (χ0v) is 17.0. The molecule has 1 N–H and O–H groups in total. The maximum atomic E-state index is 13.6. The second kappa shape index (κ2) is 6.94. The molecule has 0 radical (unpaired) electrons. The number of hydrogen-bond acceptors (Lipinski definition) is 3. The molecule has 1 atom stereocenters. The average Bonchev–Trinajstić information content (AvgIpc) is 3.06. The lowest BCUT2D eigenvalue weighted by Crippen LogP contribution is -2.15. The summed E-state index contributed by atoms with van der Waals surface area (Å²) in [7, 11) is -3.67. The van der Waals surface area contributed by atoms with Crippen molar-refractivity contribution in [2.24, 2.45) is 0 Å². The van der Waals surface area contributed by atoms with Gasteiger partial charge in [-0.1, -0.05) is 45.8 Å². The molecule has 0 saturated heterocycles. The quantitative estimate of drug-likeness (QED) is 0.474. The first-order valence-electron chi connectivity index (χ1n) is 8.45. The van der Waals surface area contributed by atoms with Crippen LogP contribution in [0.15, 0.2) is 82.4 Å². The van der Waals surface area contributed by atoms with Gasteiger partial charge in [0.25, 0.3) is 0 Å². The molecule has 0 saturated carbocycles. The van der Waals surface area contributed by atoms with Crippen molar-refractivity contribution < 1.29 is 8.42 Å². The third-order valence-electron chi connectivity index (χ3n) is 4.58. The molecule has 0 spiro atoms. The summed E-state index contributed by atoms with van der Waals surface area (Å²) in [6.45, 7) is 1.94. The normalized spacial score (nSPS) is 13.0. The van der Waals surface area contributed by atoms with E-state index in [1.165, 1.54) is 0 Å². The van der Waals surface area contributed by atoms with E-state index in [0.29, 0.717) is 21.7 Å². The zero-order chi connectivity index (χ0) is 19.0. The average molecular weight is 441 g/mol. The molecule has 4 nitrogen and oxygen atoms in total. The number of pyridine rings is 1. The molecule has 0 aliphatic rings. The lowest BCUT2D eigenvalue weighted by atomic mass is 10.0. The van der Waals surface area contributed by atoms with Crippen LogP contribution in [0.2, 0.25) is 0 Å². The Balaban J connectivity index is 1.98. The van der Waals surface area contributed by atoms with Crippen LogP contribution in [-0.2, 0) is 9.84 Å². The van der Waals surface area contributed by atoms with Crippen molar-refractivity contribution in [1.82, 2.24) is 9.97 Å². The molecule has 0 bridgehead atoms. The molecule has 2 aromatic heterocycles. The first kappa shape index (κ1) is 17.9. The molecule has 6 heteroatoms. The number of aromatic nitrogens is 2. The molecule has 0 aliphatic heterocycles. The van der Waals surface area contributed by atoms with Gasteiger partial charge in [-0.05, 0) is 48.9 Å². The van der Waals surface area contributed by atoms with Crippen molar-refractivity contribution in [3.8, 4) is 0 Å². The summed E-state index contributed by atoms with van der Waals surface area (Å²) in [5, 5.41) is -0.0335. The summed E-state index contributed by atoms with van der Waals surface area (Å²) in [5.74, 6) is 0. The van der Waals surface area contributed by atoms with Crippen molar-refractivity contribution in [2.45, 2.75) is 17.1 Å². The maximum absolute atomic E-state index is 13.6. The Morgan fingerprint density at radius 3 is 2.56 bits per heavy atom. The van der Waals surface area contributed by atoms with Crippen LogP contribution in [-0.4, -0.2) is 18.4 Å². The van der Waals surface area contributed by atoms with Crippen LogP contribution in [0.4, 0.5) is 0 Å². The van der Waals surface area contributed by atoms with E-state index in [0.717, 1.165) is 15.4 Å². The van der Waals surface area contributed by atoms with Crippen LogP contribution in [0, 0.1) is 6.92 Å². The Morgan fingerprint density at radius 1 is 1.04 bits per heavy atom. The van der Waals surface area contributed by atoms with Crippen LogP contribution in [0.3, 0.4) is 0 Å². The molecule has 4 aromatic rings. The van der Waals surface area contributed by atoms with Gasteiger partial charge in [0.2, 0.25) is 0 Å². The van der Waals surface area contributed by atoms with E-state index in [1.807, 2.05) is 55.5 Å². The van der Waals surface area contributed by atoms with Crippen molar-refractivity contribution in [3.05, 3.63) is 94.2 Å². The first-order chi connectivity index (χ1) is 13.0. The number of aromatic amines is 1. The molecular weight excluding hydrogens is 424 g/mol. The number of benzene rings is 2. The van der Waals surface area contributed by atoms with Gasteiger partial charge >= 0.3 is 0 Å². The predicted octanol–water partition coefficient (Wildman–Crippen LogP) is 5.20. The number of aryl methyl sites for hydroxylation is 1. The van der Waals surface area contributed by atoms with E-state index in [-0.39, 0.29) is 0 Å². The summed E-state index contributed by atoms with van der Waals surface area (Å²) in [4.78, 5) is 7.70. The Labute approximate surface area is 166 Å². The van der Waals surface area contributed by atoms with Gasteiger partial charge in [-0.25, -0.2) is 13.4 Å². The van der Waals surface area contributed by atoms with Gasteiger partial charge in [0.1, 0.15) is 10.9 Å². The van der Waals surface area contributed by atoms with Gasteiger partial charge in [-0.3, -0.25) is 0 Å². The number of nitrogens with one attached hydrogen (secondary N) is 1. The Morgan fingerprint density at radius 2 is 1.81 bits per heavy atom. The lowest BCUT2D eigenvalue weighted by molar-refractivity contribution is 0.589. The van der Waals surface area contributed by atoms with E-state index in [2.05, 4.69) is 25.9 Å². The Kier molecular flexibility index (Phi) is 4.61. The largest absolute Gasteiger partial charge is 0.346 e. The third kappa shape index (κ3) is 3.31. The summed E-state index contributed by atoms with van der Waals surface area (Å²) < 4.78 is 28.1. The fraction of sp³-hybridized carbons (Fsp3) is 0.0952. The van der Waals surface area contributed by atoms with Crippen molar-refractivity contribution in [1.29, 1.82) is 0 Å². The van der Waals surface area contributed by atoms with E-state index in [1.54, 1.807) is 24.5 Å². The summed E-state index contributed by atoms with van der Waals surface area (Å²) >= 11 is 3.46. The highest BCUT2D eigenvalue weighted by Crippen LogP contribution is 2.38. The molecule has 136 valence electrons. The maximum Gasteiger partial charge on any atom is 0.189 e. The SMILES string of the molecule is Cc1ccc(S(=O)(=O)C(c2cccc(Br)c2)c2c[nH]c3ncccc23)cc1. The highest BCUT2D eigenvalue weighted by atomic mass is 79.9. The first-order valence-corrected chi connectivity index (χ1v) is 10.8. The fourth-order valence-corrected chi connectivity index (χ4v) is 5.49. The second-order valence-electron chi connectivity index (χ2n) is 6.44. The highest BCUT2D eigenvalue weighted by molar-refractivity contribution is 9.10. The van der Waals surface area contributed by atoms with E-state index in [4.69, 9.17) is 0 Å². The zero-order valence-electron chi connectivity index (χ0n) is 14.6. The topological polar surface area (TPSA) is 62.8 Å². The minimum Gasteiger partial charge on any atom is -0.346 e. The second-order valence-corrected chi connectivity index (χ2v) is 9.39. The van der Waals surface area contributed by atoms with Crippen LogP contribution in [0.5, 0.6) is 0 Å². The number of rotatable bonds is 4. The monoisotopic (exact) mass is 440 g/mol. The molecule has 1 unspecified atom stereocenters. The van der Waals surface area contributed by atoms with E-state index >= 15 is 0 Å². The van der Waals surface area contributed by atoms with Crippen LogP contribution in [0.25, 0.3) is 11.0 Å². The number of fused-ring (bicyclic) bond motifs is 1. The van der Waals surface area contributed by atoms with Gasteiger partial charge in [0.05, 0.1) is 4.90 Å². The van der Waals surface area contributed by atoms with Crippen molar-refractivity contribution >= 4 is 36.8 Å². The van der Waals surface area contributed by atoms with Crippen LogP contribution < -0.4 is 0 Å². The third-order valence-corrected chi connectivity index (χ3v) is 7.15. The minimum atomic E-state index is -3.67. The van der Waals surface area contributed by atoms with E-state index in [9.17, 15) is 8.42 Å². The van der Waals surface area contributed by atoms with Crippen LogP contribution >= 0.6 is 15.9 Å². The fourth-order valence-electron chi connectivity index (χ4n) is 3.25. The Bertz CT molecular complexity index is 1210. The molecule has 2 heterocycles. The van der Waals surface area contributed by atoms with Gasteiger partial charge < -0.3 is 4.98 Å². The summed E-state index contributed by atoms with van der Waals surface area (Å²) in [6.07, 6.45) is 3.43. The molecule has 0 aliphatic carbocycles. The van der Waals surface area contributed by atoms with Gasteiger partial charge in [0, 0.05) is 27.8 Å². The molecule has 0 amide bonds. The van der Waals surface area contributed by atoms with Gasteiger partial charge in [-0.2, -0.15) is 0 Å². The summed E-state index contributed by atoms with van der Waals surface area (Å²) in [5.41, 5.74) is 3.09. The minimum absolute atomic E-state index is 0.302. The molecule has 2 aromatic carbocycles. The van der Waals surface area contributed by atoms with Gasteiger partial charge in [0.15, 0.2) is 9.84 Å². The molecular formula is C21H17BrN2O2S. The molecule has 0 fully saturated rings. The highest BCUT2D eigenvalue weighted by Gasteiger charge is 2.33. The predicted molar refractivity (Wildman–Crippen MR) is 110 cm³/mol. The standard InChI is InChI=1S/C21H17BrN2O2S/c1-14-7-9-17(10-8-14)27(25,26)20(15-4-2-5-16(22)12-15)19-13-24-21-18(19)6-3-11-23-21/h2-13,20H,1H3,(H,23,24). The number of nitrogens with zero attached hydrogens (tertiary/aromatic N) is 1. The molecule has 4 rings (SSSR count). The van der Waals surface area contributed by atoms with Crippen molar-refractivity contribution in [2.75, 3.05) is 0 Å². The summed E-state index contributed by atoms with van der Waals surface area (Å²) in [6, 6.07) is 18.1. The smallest absolute Gasteiger partial charge is 0.189 e. The number of sulfone groups is 1. The molecule has 27 heavy (non-hydrogen) atoms. The van der Waals surface area contributed by atoms with Gasteiger partial charge in [-0.15, -0.1) is 0 Å². The Hall–Kier alpha value is -2.44. The number of halogens is 1. The van der Waals surface area contributed by atoms with Crippen LogP contribution in [0.1, 0.15) is 21.9 Å². The number of H-pyrrole nitrogens is 1.